The highest BCUT2D eigenvalue weighted by Gasteiger charge is 2.09. The Morgan fingerprint density at radius 3 is 2.25 bits per heavy atom. The maximum absolute atomic E-state index is 12.5. The van der Waals surface area contributed by atoms with E-state index < -0.39 is 0 Å². The highest BCUT2D eigenvalue weighted by molar-refractivity contribution is 6.05. The van der Waals surface area contributed by atoms with Crippen LogP contribution < -0.4 is 20.1 Å². The molecule has 0 spiro atoms. The number of carbonyl (C=O) groups is 2. The molecule has 4 aromatic rings. The molecule has 0 aromatic heterocycles. The Morgan fingerprint density at radius 1 is 0.719 bits per heavy atom. The van der Waals surface area contributed by atoms with Crippen molar-refractivity contribution in [1.82, 2.24) is 0 Å². The first kappa shape index (κ1) is 20.9. The quantitative estimate of drug-likeness (QED) is 0.430. The molecule has 160 valence electrons. The van der Waals surface area contributed by atoms with Crippen LogP contribution in [-0.2, 0) is 4.79 Å². The van der Waals surface area contributed by atoms with Gasteiger partial charge in [0.1, 0.15) is 11.5 Å². The monoisotopic (exact) mass is 426 g/mol. The number of methoxy groups -OCH3 is 1. The number of carbonyl (C=O) groups excluding carboxylic acids is 2. The van der Waals surface area contributed by atoms with Crippen molar-refractivity contribution < 1.29 is 19.1 Å². The van der Waals surface area contributed by atoms with E-state index in [-0.39, 0.29) is 18.4 Å². The number of anilines is 2. The highest BCUT2D eigenvalue weighted by atomic mass is 16.5. The normalized spacial score (nSPS) is 10.4. The second-order valence-electron chi connectivity index (χ2n) is 7.11. The summed E-state index contributed by atoms with van der Waals surface area (Å²) in [5.74, 6) is 0.731. The molecule has 0 aliphatic heterocycles. The smallest absolute Gasteiger partial charge is 0.262 e. The third kappa shape index (κ3) is 5.23. The van der Waals surface area contributed by atoms with E-state index in [1.54, 1.807) is 55.6 Å². The minimum atomic E-state index is -0.314. The number of rotatable bonds is 7. The third-order valence-electron chi connectivity index (χ3n) is 4.85. The van der Waals surface area contributed by atoms with Gasteiger partial charge in [-0.2, -0.15) is 0 Å². The number of ether oxygens (including phenoxy) is 2. The summed E-state index contributed by atoms with van der Waals surface area (Å²) < 4.78 is 10.7. The number of nitrogens with one attached hydrogen (secondary N) is 2. The van der Waals surface area contributed by atoms with Gasteiger partial charge < -0.3 is 20.1 Å². The summed E-state index contributed by atoms with van der Waals surface area (Å²) in [6.45, 7) is -0.138. The molecule has 2 N–H and O–H groups in total. The van der Waals surface area contributed by atoms with Crippen LogP contribution in [-0.4, -0.2) is 25.5 Å². The van der Waals surface area contributed by atoms with Gasteiger partial charge in [-0.1, -0.05) is 36.4 Å². The molecular formula is C26H22N2O4. The van der Waals surface area contributed by atoms with Gasteiger partial charge in [0.25, 0.3) is 11.8 Å². The lowest BCUT2D eigenvalue weighted by Crippen LogP contribution is -2.20. The van der Waals surface area contributed by atoms with Crippen LogP contribution in [0.5, 0.6) is 11.5 Å². The van der Waals surface area contributed by atoms with Gasteiger partial charge in [-0.3, -0.25) is 9.59 Å². The maximum atomic E-state index is 12.5. The zero-order valence-electron chi connectivity index (χ0n) is 17.5. The SMILES string of the molecule is COc1ccc(NC(=O)c2cccc(NC(=O)COc3ccc4ccccc4c3)c2)cc1. The van der Waals surface area contributed by atoms with Crippen LogP contribution in [0.4, 0.5) is 11.4 Å². The lowest BCUT2D eigenvalue weighted by molar-refractivity contribution is -0.118. The third-order valence-corrected chi connectivity index (χ3v) is 4.85. The van der Waals surface area contributed by atoms with Crippen LogP contribution >= 0.6 is 0 Å². The second-order valence-corrected chi connectivity index (χ2v) is 7.11. The molecule has 0 aliphatic rings. The van der Waals surface area contributed by atoms with Crippen LogP contribution in [0.25, 0.3) is 10.8 Å². The zero-order chi connectivity index (χ0) is 22.3. The van der Waals surface area contributed by atoms with Crippen LogP contribution in [0, 0.1) is 0 Å². The average Bonchev–Trinajstić information content (AvgIpc) is 2.83. The summed E-state index contributed by atoms with van der Waals surface area (Å²) in [5.41, 5.74) is 1.59. The van der Waals surface area contributed by atoms with Gasteiger partial charge in [-0.25, -0.2) is 0 Å². The molecule has 4 rings (SSSR count). The molecule has 0 atom stereocenters. The van der Waals surface area contributed by atoms with Crippen molar-refractivity contribution in [2.45, 2.75) is 0 Å². The molecule has 0 heterocycles. The van der Waals surface area contributed by atoms with E-state index in [1.807, 2.05) is 42.5 Å². The standard InChI is InChI=1S/C26H22N2O4/c1-31-23-13-10-21(11-14-23)28-26(30)20-7-4-8-22(15-20)27-25(29)17-32-24-12-9-18-5-2-3-6-19(18)16-24/h2-16H,17H2,1H3,(H,27,29)(H,28,30). The molecule has 2 amide bonds. The Kier molecular flexibility index (Phi) is 6.32. The summed E-state index contributed by atoms with van der Waals surface area (Å²) >= 11 is 0. The molecule has 0 bridgehead atoms. The first-order valence-corrected chi connectivity index (χ1v) is 10.1. The van der Waals surface area contributed by atoms with E-state index in [9.17, 15) is 9.59 Å². The van der Waals surface area contributed by atoms with Crippen molar-refractivity contribution in [2.24, 2.45) is 0 Å². The molecule has 6 nitrogen and oxygen atoms in total. The topological polar surface area (TPSA) is 76.7 Å². The van der Waals surface area contributed by atoms with Gasteiger partial charge in [-0.15, -0.1) is 0 Å². The fourth-order valence-electron chi connectivity index (χ4n) is 3.22. The second kappa shape index (κ2) is 9.66. The van der Waals surface area contributed by atoms with E-state index >= 15 is 0 Å². The summed E-state index contributed by atoms with van der Waals surface area (Å²) in [6, 6.07) is 27.4. The predicted molar refractivity (Wildman–Crippen MR) is 125 cm³/mol. The van der Waals surface area contributed by atoms with Crippen LogP contribution in [0.15, 0.2) is 91.0 Å². The molecular weight excluding hydrogens is 404 g/mol. The molecule has 0 unspecified atom stereocenters. The average molecular weight is 426 g/mol. The first-order chi connectivity index (χ1) is 15.6. The number of amides is 2. The van der Waals surface area contributed by atoms with Crippen LogP contribution in [0.1, 0.15) is 10.4 Å². The predicted octanol–water partition coefficient (Wildman–Crippen LogP) is 5.12. The van der Waals surface area contributed by atoms with Crippen molar-refractivity contribution >= 4 is 34.0 Å². The Balaban J connectivity index is 1.34. The molecule has 6 heteroatoms. The summed E-state index contributed by atoms with van der Waals surface area (Å²) in [7, 11) is 1.58. The van der Waals surface area contributed by atoms with E-state index in [4.69, 9.17) is 9.47 Å². The maximum Gasteiger partial charge on any atom is 0.262 e. The fraction of sp³-hybridized carbons (Fsp3) is 0.0769. The van der Waals surface area contributed by atoms with Crippen molar-refractivity contribution in [3.8, 4) is 11.5 Å². The molecule has 0 fully saturated rings. The van der Waals surface area contributed by atoms with Gasteiger partial charge in [0, 0.05) is 16.9 Å². The lowest BCUT2D eigenvalue weighted by atomic mass is 10.1. The van der Waals surface area contributed by atoms with Crippen molar-refractivity contribution in [1.29, 1.82) is 0 Å². The molecule has 0 saturated carbocycles. The van der Waals surface area contributed by atoms with Gasteiger partial charge >= 0.3 is 0 Å². The molecule has 0 aliphatic carbocycles. The molecule has 4 aromatic carbocycles. The van der Waals surface area contributed by atoms with Crippen molar-refractivity contribution in [2.75, 3.05) is 24.4 Å². The largest absolute Gasteiger partial charge is 0.497 e. The van der Waals surface area contributed by atoms with Crippen LogP contribution in [0.2, 0.25) is 0 Å². The van der Waals surface area contributed by atoms with Gasteiger partial charge in [0.15, 0.2) is 6.61 Å². The van der Waals surface area contributed by atoms with Gasteiger partial charge in [-0.05, 0) is 65.4 Å². The van der Waals surface area contributed by atoms with E-state index in [2.05, 4.69) is 10.6 Å². The van der Waals surface area contributed by atoms with E-state index in [0.717, 1.165) is 10.8 Å². The first-order valence-electron chi connectivity index (χ1n) is 10.1. The molecule has 0 saturated heterocycles. The molecule has 32 heavy (non-hydrogen) atoms. The Morgan fingerprint density at radius 2 is 1.47 bits per heavy atom. The van der Waals surface area contributed by atoms with Crippen LogP contribution in [0.3, 0.4) is 0 Å². The lowest BCUT2D eigenvalue weighted by Gasteiger charge is -2.10. The van der Waals surface area contributed by atoms with Gasteiger partial charge in [0.05, 0.1) is 7.11 Å². The zero-order valence-corrected chi connectivity index (χ0v) is 17.5. The fourth-order valence-corrected chi connectivity index (χ4v) is 3.22. The Labute approximate surface area is 185 Å². The Hall–Kier alpha value is -4.32. The highest BCUT2D eigenvalue weighted by Crippen LogP contribution is 2.21. The minimum absolute atomic E-state index is 0.138. The Bertz CT molecular complexity index is 1250. The number of hydrogen-bond acceptors (Lipinski definition) is 4. The number of benzene rings is 4. The van der Waals surface area contributed by atoms with Crippen molar-refractivity contribution in [3.63, 3.8) is 0 Å². The van der Waals surface area contributed by atoms with Gasteiger partial charge in [0.2, 0.25) is 0 Å². The molecule has 0 radical (unpaired) electrons. The summed E-state index contributed by atoms with van der Waals surface area (Å²) in [4.78, 5) is 24.9. The summed E-state index contributed by atoms with van der Waals surface area (Å²) in [5, 5.41) is 7.73. The van der Waals surface area contributed by atoms with Crippen molar-refractivity contribution in [3.05, 3.63) is 96.6 Å². The van der Waals surface area contributed by atoms with E-state index in [0.29, 0.717) is 28.4 Å². The minimum Gasteiger partial charge on any atom is -0.497 e. The number of fused-ring (bicyclic) bond motifs is 1. The summed E-state index contributed by atoms with van der Waals surface area (Å²) in [6.07, 6.45) is 0. The van der Waals surface area contributed by atoms with E-state index in [1.165, 1.54) is 0 Å². The number of hydrogen-bond donors (Lipinski definition) is 2.